The number of anilines is 1. The second kappa shape index (κ2) is 14.4. The Kier molecular flexibility index (Phi) is 10.6. The van der Waals surface area contributed by atoms with E-state index in [0.29, 0.717) is 37.0 Å². The average molecular weight is 588 g/mol. The number of carbonyl (C=O) groups excluding carboxylic acids is 3. The third kappa shape index (κ3) is 8.69. The second-order valence-electron chi connectivity index (χ2n) is 12.5. The number of benzene rings is 2. The average Bonchev–Trinajstić information content (AvgIpc) is 3.45. The topological polar surface area (TPSA) is 106 Å². The number of likely N-dealkylation sites (tertiary alicyclic amines) is 1. The number of aryl methyl sites for hydroxylation is 1. The van der Waals surface area contributed by atoms with Gasteiger partial charge in [0.15, 0.2) is 5.82 Å². The summed E-state index contributed by atoms with van der Waals surface area (Å²) in [6.07, 6.45) is 7.20. The van der Waals surface area contributed by atoms with Crippen molar-refractivity contribution >= 4 is 23.5 Å². The Bertz CT molecular complexity index is 1360. The lowest BCUT2D eigenvalue weighted by Crippen LogP contribution is -2.47. The number of ether oxygens (including phenoxy) is 1. The van der Waals surface area contributed by atoms with Crippen LogP contribution in [0.4, 0.5) is 5.82 Å². The van der Waals surface area contributed by atoms with Crippen LogP contribution in [-0.4, -0.2) is 58.4 Å². The normalized spacial score (nSPS) is 15.4. The summed E-state index contributed by atoms with van der Waals surface area (Å²) in [7, 11) is 1.61. The first-order chi connectivity index (χ1) is 20.5. The van der Waals surface area contributed by atoms with E-state index in [0.717, 1.165) is 31.2 Å². The van der Waals surface area contributed by atoms with Crippen LogP contribution in [0.5, 0.6) is 5.75 Å². The highest BCUT2D eigenvalue weighted by atomic mass is 16.5. The molecule has 1 unspecified atom stereocenters. The van der Waals surface area contributed by atoms with E-state index in [2.05, 4.69) is 34.7 Å². The largest absolute Gasteiger partial charge is 0.497 e. The molecule has 230 valence electrons. The van der Waals surface area contributed by atoms with Crippen LogP contribution in [-0.2, 0) is 20.8 Å². The van der Waals surface area contributed by atoms with Gasteiger partial charge in [-0.05, 0) is 61.3 Å². The zero-order valence-electron chi connectivity index (χ0n) is 26.0. The first-order valence-corrected chi connectivity index (χ1v) is 15.2. The number of hydrogen-bond acceptors (Lipinski definition) is 5. The van der Waals surface area contributed by atoms with Gasteiger partial charge >= 0.3 is 0 Å². The van der Waals surface area contributed by atoms with Crippen molar-refractivity contribution in [3.05, 3.63) is 78.2 Å². The van der Waals surface area contributed by atoms with E-state index in [1.54, 1.807) is 24.2 Å². The van der Waals surface area contributed by atoms with E-state index in [4.69, 9.17) is 4.74 Å². The van der Waals surface area contributed by atoms with Crippen LogP contribution < -0.4 is 15.4 Å². The highest BCUT2D eigenvalue weighted by Crippen LogP contribution is 2.27. The van der Waals surface area contributed by atoms with Gasteiger partial charge in [-0.15, -0.1) is 0 Å². The molecule has 9 nitrogen and oxygen atoms in total. The smallest absolute Gasteiger partial charge is 0.250 e. The molecule has 2 atom stereocenters. The fourth-order valence-electron chi connectivity index (χ4n) is 5.18. The number of carbonyl (C=O) groups is 3. The lowest BCUT2D eigenvalue weighted by atomic mass is 9.94. The quantitative estimate of drug-likeness (QED) is 0.320. The molecule has 3 amide bonds. The Morgan fingerprint density at radius 1 is 1.02 bits per heavy atom. The zero-order valence-corrected chi connectivity index (χ0v) is 26.0. The number of rotatable bonds is 11. The van der Waals surface area contributed by atoms with E-state index < -0.39 is 17.5 Å². The molecule has 1 aliphatic heterocycles. The lowest BCUT2D eigenvalue weighted by molar-refractivity contribution is -0.135. The van der Waals surface area contributed by atoms with E-state index in [1.165, 1.54) is 5.56 Å². The van der Waals surface area contributed by atoms with Crippen molar-refractivity contribution in [2.75, 3.05) is 25.5 Å². The van der Waals surface area contributed by atoms with Gasteiger partial charge in [-0.3, -0.25) is 14.4 Å². The summed E-state index contributed by atoms with van der Waals surface area (Å²) in [6, 6.07) is 16.2. The van der Waals surface area contributed by atoms with Crippen LogP contribution in [0, 0.1) is 11.3 Å². The van der Waals surface area contributed by atoms with Crippen LogP contribution in [0.3, 0.4) is 0 Å². The summed E-state index contributed by atoms with van der Waals surface area (Å²) in [5.41, 5.74) is 1.34. The van der Waals surface area contributed by atoms with Crippen molar-refractivity contribution in [3.63, 3.8) is 0 Å². The number of amides is 3. The maximum Gasteiger partial charge on any atom is 0.250 e. The van der Waals surface area contributed by atoms with E-state index in [9.17, 15) is 14.4 Å². The SMILES string of the molecule is COc1ccc(C(C(=O)N2CCC(C)CC2)n2cnc(NC(=O)[C@@H](CCCc3ccccc3)NC(=O)C(C)(C)C)c2)cc1. The predicted octanol–water partition coefficient (Wildman–Crippen LogP) is 5.23. The predicted molar refractivity (Wildman–Crippen MR) is 168 cm³/mol. The second-order valence-corrected chi connectivity index (χ2v) is 12.5. The third-order valence-corrected chi connectivity index (χ3v) is 8.02. The molecule has 0 saturated carbocycles. The fraction of sp³-hybridized carbons (Fsp3) is 0.471. The van der Waals surface area contributed by atoms with Gasteiger partial charge in [-0.25, -0.2) is 4.98 Å². The molecule has 4 rings (SSSR count). The van der Waals surface area contributed by atoms with E-state index >= 15 is 0 Å². The monoisotopic (exact) mass is 587 g/mol. The fourth-order valence-corrected chi connectivity index (χ4v) is 5.18. The highest BCUT2D eigenvalue weighted by Gasteiger charge is 2.31. The van der Waals surface area contributed by atoms with E-state index in [1.807, 2.05) is 68.1 Å². The summed E-state index contributed by atoms with van der Waals surface area (Å²) in [5.74, 6) is 1.08. The first kappa shape index (κ1) is 31.8. The Labute approximate surface area is 255 Å². The van der Waals surface area contributed by atoms with Crippen molar-refractivity contribution in [1.82, 2.24) is 19.8 Å². The zero-order chi connectivity index (χ0) is 31.0. The molecule has 0 bridgehead atoms. The summed E-state index contributed by atoms with van der Waals surface area (Å²) < 4.78 is 7.07. The molecule has 2 aromatic carbocycles. The summed E-state index contributed by atoms with van der Waals surface area (Å²) >= 11 is 0. The summed E-state index contributed by atoms with van der Waals surface area (Å²) in [4.78, 5) is 46.5. The molecule has 0 spiro atoms. The maximum atomic E-state index is 13.9. The molecule has 0 radical (unpaired) electrons. The third-order valence-electron chi connectivity index (χ3n) is 8.02. The van der Waals surface area contributed by atoms with Gasteiger partial charge in [0.05, 0.1) is 13.4 Å². The minimum Gasteiger partial charge on any atom is -0.497 e. The van der Waals surface area contributed by atoms with Crippen LogP contribution in [0.1, 0.15) is 70.5 Å². The van der Waals surface area contributed by atoms with Gasteiger partial charge < -0.3 is 24.8 Å². The number of aromatic nitrogens is 2. The Balaban J connectivity index is 1.52. The molecule has 3 aromatic rings. The number of piperidine rings is 1. The number of methoxy groups -OCH3 is 1. The van der Waals surface area contributed by atoms with Crippen molar-refractivity contribution in [1.29, 1.82) is 0 Å². The molecule has 1 fully saturated rings. The molecule has 1 aliphatic rings. The Hall–Kier alpha value is -4.14. The van der Waals surface area contributed by atoms with Gasteiger partial charge in [0.25, 0.3) is 0 Å². The van der Waals surface area contributed by atoms with Gasteiger partial charge in [0.1, 0.15) is 17.8 Å². The number of hydrogen-bond donors (Lipinski definition) is 2. The Morgan fingerprint density at radius 3 is 2.33 bits per heavy atom. The summed E-state index contributed by atoms with van der Waals surface area (Å²) in [6.45, 7) is 9.10. The maximum absolute atomic E-state index is 13.9. The molecule has 0 aliphatic carbocycles. The van der Waals surface area contributed by atoms with Crippen LogP contribution in [0.15, 0.2) is 67.1 Å². The lowest BCUT2D eigenvalue weighted by Gasteiger charge is -2.33. The van der Waals surface area contributed by atoms with Crippen molar-refractivity contribution in [3.8, 4) is 5.75 Å². The molecule has 2 N–H and O–H groups in total. The van der Waals surface area contributed by atoms with Crippen LogP contribution in [0.25, 0.3) is 0 Å². The van der Waals surface area contributed by atoms with Gasteiger partial charge in [-0.2, -0.15) is 0 Å². The highest BCUT2D eigenvalue weighted by molar-refractivity contribution is 5.97. The minimum atomic E-state index is -0.727. The number of nitrogens with zero attached hydrogens (tertiary/aromatic N) is 3. The van der Waals surface area contributed by atoms with E-state index in [-0.39, 0.29) is 17.7 Å². The standard InChI is InChI=1S/C34H45N5O4/c1-24-18-20-38(21-19-24)32(41)30(26-14-16-27(43-5)17-15-26)39-22-29(35-23-39)37-31(40)28(36-33(42)34(2,3)4)13-9-12-25-10-7-6-8-11-25/h6-8,10-11,14-17,22-24,28,30H,9,12-13,18-21H2,1-5H3,(H,36,42)(H,37,40)/t28-,30?/m1/s1. The van der Waals surface area contributed by atoms with Gasteiger partial charge in [-0.1, -0.05) is 70.2 Å². The van der Waals surface area contributed by atoms with Gasteiger partial charge in [0.2, 0.25) is 17.7 Å². The molecular formula is C34H45N5O4. The van der Waals surface area contributed by atoms with Gasteiger partial charge in [0, 0.05) is 24.7 Å². The number of imidazole rings is 1. The minimum absolute atomic E-state index is 0.0106. The molecule has 1 aromatic heterocycles. The molecule has 1 saturated heterocycles. The number of nitrogens with one attached hydrogen (secondary N) is 2. The van der Waals surface area contributed by atoms with Crippen LogP contribution >= 0.6 is 0 Å². The van der Waals surface area contributed by atoms with Crippen molar-refractivity contribution in [2.24, 2.45) is 11.3 Å². The van der Waals surface area contributed by atoms with Crippen molar-refractivity contribution in [2.45, 2.75) is 71.9 Å². The molecule has 9 heteroatoms. The first-order valence-electron chi connectivity index (χ1n) is 15.2. The molecular weight excluding hydrogens is 542 g/mol. The summed E-state index contributed by atoms with van der Waals surface area (Å²) in [5, 5.41) is 5.82. The van der Waals surface area contributed by atoms with Crippen molar-refractivity contribution < 1.29 is 19.1 Å². The van der Waals surface area contributed by atoms with Crippen LogP contribution in [0.2, 0.25) is 0 Å². The molecule has 2 heterocycles. The Morgan fingerprint density at radius 2 is 1.70 bits per heavy atom. The molecule has 43 heavy (non-hydrogen) atoms.